The van der Waals surface area contributed by atoms with Gasteiger partial charge in [0.15, 0.2) is 5.96 Å². The summed E-state index contributed by atoms with van der Waals surface area (Å²) in [7, 11) is 3.21. The number of aromatic nitrogens is 1. The number of rotatable bonds is 6. The zero-order valence-electron chi connectivity index (χ0n) is 14.1. The highest BCUT2D eigenvalue weighted by Crippen LogP contribution is 2.28. The third-order valence-electron chi connectivity index (χ3n) is 3.47. The maximum Gasteiger partial charge on any atom is 0.193 e. The Morgan fingerprint density at radius 2 is 2.04 bits per heavy atom. The lowest BCUT2D eigenvalue weighted by Gasteiger charge is -2.12. The van der Waals surface area contributed by atoms with Crippen molar-refractivity contribution in [1.29, 1.82) is 0 Å². The van der Waals surface area contributed by atoms with Crippen LogP contribution in [-0.4, -0.2) is 31.7 Å². The summed E-state index contributed by atoms with van der Waals surface area (Å²) in [5.41, 5.74) is 9.04. The fourth-order valence-electron chi connectivity index (χ4n) is 2.17. The van der Waals surface area contributed by atoms with Crippen LogP contribution in [0.2, 0.25) is 0 Å². The number of anilines is 1. The van der Waals surface area contributed by atoms with Gasteiger partial charge in [0.1, 0.15) is 11.5 Å². The van der Waals surface area contributed by atoms with E-state index in [0.29, 0.717) is 29.7 Å². The van der Waals surface area contributed by atoms with E-state index in [4.69, 9.17) is 15.2 Å². The molecule has 0 aliphatic heterocycles. The molecule has 130 valence electrons. The Kier molecular flexibility index (Phi) is 8.31. The lowest BCUT2D eigenvalue weighted by Crippen LogP contribution is -2.23. The number of methoxy groups -OCH3 is 2. The Morgan fingerprint density at radius 1 is 1.25 bits per heavy atom. The number of hydrogen-bond acceptors (Lipinski definition) is 4. The summed E-state index contributed by atoms with van der Waals surface area (Å²) < 4.78 is 10.5. The van der Waals surface area contributed by atoms with Gasteiger partial charge in [0.05, 0.1) is 19.9 Å². The first kappa shape index (κ1) is 20.0. The number of aliphatic imine (C=N–C) groups is 1. The van der Waals surface area contributed by atoms with Crippen LogP contribution in [0.3, 0.4) is 0 Å². The lowest BCUT2D eigenvalue weighted by atomic mass is 10.1. The van der Waals surface area contributed by atoms with Gasteiger partial charge in [-0.3, -0.25) is 9.98 Å². The highest BCUT2D eigenvalue weighted by atomic mass is 127. The van der Waals surface area contributed by atoms with Crippen LogP contribution in [0.1, 0.15) is 11.1 Å². The van der Waals surface area contributed by atoms with Gasteiger partial charge in [-0.15, -0.1) is 24.0 Å². The fourth-order valence-corrected chi connectivity index (χ4v) is 2.17. The Hall–Kier alpha value is -2.03. The molecule has 0 fully saturated rings. The molecule has 3 N–H and O–H groups in total. The predicted octanol–water partition coefficient (Wildman–Crippen LogP) is 2.99. The second kappa shape index (κ2) is 9.96. The maximum absolute atomic E-state index is 5.95. The van der Waals surface area contributed by atoms with Crippen LogP contribution in [0.25, 0.3) is 0 Å². The fraction of sp³-hybridized carbons (Fsp3) is 0.294. The van der Waals surface area contributed by atoms with Crippen LogP contribution in [0.15, 0.2) is 41.7 Å². The number of benzene rings is 1. The van der Waals surface area contributed by atoms with Crippen LogP contribution < -0.4 is 20.5 Å². The molecule has 0 bridgehead atoms. The van der Waals surface area contributed by atoms with Crippen LogP contribution in [0.4, 0.5) is 5.69 Å². The van der Waals surface area contributed by atoms with Crippen molar-refractivity contribution in [3.63, 3.8) is 0 Å². The van der Waals surface area contributed by atoms with Crippen LogP contribution in [0, 0.1) is 6.92 Å². The normalized spacial score (nSPS) is 10.7. The number of halogens is 1. The minimum absolute atomic E-state index is 0. The molecule has 0 amide bonds. The number of nitrogens with two attached hydrogens (primary N) is 1. The number of guanidine groups is 1. The Morgan fingerprint density at radius 3 is 2.71 bits per heavy atom. The summed E-state index contributed by atoms with van der Waals surface area (Å²) in [6, 6.07) is 7.45. The van der Waals surface area contributed by atoms with Crippen LogP contribution >= 0.6 is 24.0 Å². The van der Waals surface area contributed by atoms with E-state index in [0.717, 1.165) is 12.0 Å². The lowest BCUT2D eigenvalue weighted by molar-refractivity contribution is 0.405. The highest BCUT2D eigenvalue weighted by molar-refractivity contribution is 14.0. The maximum atomic E-state index is 5.95. The smallest absolute Gasteiger partial charge is 0.193 e. The van der Waals surface area contributed by atoms with Gasteiger partial charge in [-0.2, -0.15) is 0 Å². The van der Waals surface area contributed by atoms with Crippen molar-refractivity contribution in [2.75, 3.05) is 26.1 Å². The van der Waals surface area contributed by atoms with Crippen LogP contribution in [-0.2, 0) is 6.42 Å². The van der Waals surface area contributed by atoms with E-state index in [1.165, 1.54) is 5.56 Å². The van der Waals surface area contributed by atoms with Gasteiger partial charge in [0.2, 0.25) is 0 Å². The molecule has 0 saturated heterocycles. The van der Waals surface area contributed by atoms with Gasteiger partial charge in [0.25, 0.3) is 0 Å². The molecule has 7 heteroatoms. The molecule has 0 atom stereocenters. The van der Waals surface area contributed by atoms with Crippen molar-refractivity contribution in [3.05, 3.63) is 47.8 Å². The molecule has 0 aliphatic rings. The van der Waals surface area contributed by atoms with Crippen LogP contribution in [0.5, 0.6) is 11.5 Å². The predicted molar refractivity (Wildman–Crippen MR) is 108 cm³/mol. The van der Waals surface area contributed by atoms with E-state index in [1.807, 2.05) is 37.4 Å². The summed E-state index contributed by atoms with van der Waals surface area (Å²) in [4.78, 5) is 8.43. The number of pyridine rings is 1. The number of aryl methyl sites for hydroxylation is 1. The second-order valence-corrected chi connectivity index (χ2v) is 5.01. The van der Waals surface area contributed by atoms with E-state index in [-0.39, 0.29) is 24.0 Å². The third-order valence-corrected chi connectivity index (χ3v) is 3.47. The first-order valence-electron chi connectivity index (χ1n) is 7.32. The molecule has 0 spiro atoms. The molecule has 0 aliphatic carbocycles. The molecule has 1 heterocycles. The Labute approximate surface area is 159 Å². The summed E-state index contributed by atoms with van der Waals surface area (Å²) in [5, 5.41) is 3.05. The molecule has 0 radical (unpaired) electrons. The molecule has 2 aromatic rings. The summed E-state index contributed by atoms with van der Waals surface area (Å²) in [6.45, 7) is 2.63. The van der Waals surface area contributed by atoms with Crippen molar-refractivity contribution < 1.29 is 9.47 Å². The summed E-state index contributed by atoms with van der Waals surface area (Å²) in [6.07, 6.45) is 4.45. The average Bonchev–Trinajstić information content (AvgIpc) is 2.56. The zero-order chi connectivity index (χ0) is 16.7. The van der Waals surface area contributed by atoms with Gasteiger partial charge in [-0.25, -0.2) is 0 Å². The molecular formula is C17H23IN4O2. The molecule has 1 aromatic heterocycles. The van der Waals surface area contributed by atoms with Gasteiger partial charge < -0.3 is 20.5 Å². The van der Waals surface area contributed by atoms with E-state index in [2.05, 4.69) is 15.3 Å². The topological polar surface area (TPSA) is 81.8 Å². The molecule has 1 aromatic carbocycles. The first-order valence-corrected chi connectivity index (χ1v) is 7.32. The van der Waals surface area contributed by atoms with Crippen molar-refractivity contribution in [1.82, 2.24) is 4.98 Å². The van der Waals surface area contributed by atoms with Crippen molar-refractivity contribution in [2.24, 2.45) is 10.7 Å². The van der Waals surface area contributed by atoms with Gasteiger partial charge in [-0.05, 0) is 42.7 Å². The van der Waals surface area contributed by atoms with Crippen molar-refractivity contribution in [2.45, 2.75) is 13.3 Å². The minimum Gasteiger partial charge on any atom is -0.497 e. The minimum atomic E-state index is 0. The highest BCUT2D eigenvalue weighted by Gasteiger charge is 2.06. The van der Waals surface area contributed by atoms with Gasteiger partial charge >= 0.3 is 0 Å². The number of hydrogen-bond donors (Lipinski definition) is 2. The van der Waals surface area contributed by atoms with E-state index < -0.39 is 0 Å². The quantitative estimate of drug-likeness (QED) is 0.409. The largest absolute Gasteiger partial charge is 0.497 e. The Bertz CT molecular complexity index is 692. The van der Waals surface area contributed by atoms with E-state index in [1.54, 1.807) is 20.4 Å². The number of nitrogens with zero attached hydrogens (tertiary/aromatic N) is 2. The van der Waals surface area contributed by atoms with E-state index in [9.17, 15) is 0 Å². The summed E-state index contributed by atoms with van der Waals surface area (Å²) in [5.74, 6) is 1.73. The molecular weight excluding hydrogens is 419 g/mol. The number of ether oxygens (including phenoxy) is 2. The molecule has 2 rings (SSSR count). The second-order valence-electron chi connectivity index (χ2n) is 5.01. The van der Waals surface area contributed by atoms with Crippen molar-refractivity contribution >= 4 is 35.6 Å². The SMILES string of the molecule is COc1ccc(OC)c(NC(N)=NCCc2ccncc2C)c1.I. The molecule has 24 heavy (non-hydrogen) atoms. The number of nitrogens with one attached hydrogen (secondary N) is 1. The molecule has 6 nitrogen and oxygen atoms in total. The zero-order valence-corrected chi connectivity index (χ0v) is 16.4. The van der Waals surface area contributed by atoms with Crippen molar-refractivity contribution in [3.8, 4) is 11.5 Å². The van der Waals surface area contributed by atoms with Gasteiger partial charge in [-0.1, -0.05) is 0 Å². The Balaban J connectivity index is 0.00000288. The summed E-state index contributed by atoms with van der Waals surface area (Å²) >= 11 is 0. The van der Waals surface area contributed by atoms with Gasteiger partial charge in [0, 0.05) is 25.0 Å². The monoisotopic (exact) mass is 442 g/mol. The van der Waals surface area contributed by atoms with E-state index >= 15 is 0 Å². The third kappa shape index (κ3) is 5.55. The molecule has 0 unspecified atom stereocenters. The average molecular weight is 442 g/mol. The first-order chi connectivity index (χ1) is 11.1. The standard InChI is InChI=1S/C17H22N4O2.HI/c1-12-11-19-8-6-13(12)7-9-20-17(18)21-15-10-14(22-2)4-5-16(15)23-3;/h4-6,8,10-11H,7,9H2,1-3H3,(H3,18,20,21);1H. The molecule has 0 saturated carbocycles.